The van der Waals surface area contributed by atoms with E-state index < -0.39 is 24.3 Å². The van der Waals surface area contributed by atoms with Gasteiger partial charge in [0.1, 0.15) is 18.3 Å². The van der Waals surface area contributed by atoms with E-state index in [0.29, 0.717) is 12.9 Å². The van der Waals surface area contributed by atoms with Crippen molar-refractivity contribution in [1.29, 1.82) is 0 Å². The summed E-state index contributed by atoms with van der Waals surface area (Å²) in [5, 5.41) is 0. The number of rotatable bonds is 4. The molecule has 0 radical (unpaired) electrons. The molecule has 0 spiro atoms. The number of aldehydes is 1. The van der Waals surface area contributed by atoms with E-state index in [0.717, 1.165) is 0 Å². The van der Waals surface area contributed by atoms with Crippen molar-refractivity contribution in [3.63, 3.8) is 0 Å². The molecule has 0 saturated carbocycles. The topological polar surface area (TPSA) is 54.0 Å². The summed E-state index contributed by atoms with van der Waals surface area (Å²) >= 11 is 0. The third-order valence-electron chi connectivity index (χ3n) is 2.57. The Morgan fingerprint density at radius 1 is 1.44 bits per heavy atom. The highest BCUT2D eigenvalue weighted by Gasteiger charge is 2.55. The fourth-order valence-electron chi connectivity index (χ4n) is 1.98. The summed E-state index contributed by atoms with van der Waals surface area (Å²) in [7, 11) is 0. The van der Waals surface area contributed by atoms with Crippen LogP contribution in [0, 0.1) is 0 Å². The largest absolute Gasteiger partial charge is 0.368 e. The average molecular weight is 228 g/mol. The zero-order chi connectivity index (χ0) is 11.8. The quantitative estimate of drug-likeness (QED) is 0.522. The molecule has 5 nitrogen and oxygen atoms in total. The van der Waals surface area contributed by atoms with E-state index in [4.69, 9.17) is 18.9 Å². The average Bonchev–Trinajstić information content (AvgIpc) is 2.67. The van der Waals surface area contributed by atoms with Gasteiger partial charge in [-0.25, -0.2) is 0 Å². The zero-order valence-corrected chi connectivity index (χ0v) is 9.42. The first-order valence-corrected chi connectivity index (χ1v) is 5.26. The summed E-state index contributed by atoms with van der Waals surface area (Å²) < 4.78 is 22.0. The molecular weight excluding hydrogens is 212 g/mol. The Labute approximate surface area is 94.3 Å². The second-order valence-corrected chi connectivity index (χ2v) is 4.29. The maximum atomic E-state index is 10.8. The van der Waals surface area contributed by atoms with Crippen molar-refractivity contribution in [1.82, 2.24) is 0 Å². The van der Waals surface area contributed by atoms with E-state index in [1.807, 2.05) is 0 Å². The number of ether oxygens (including phenoxy) is 4. The van der Waals surface area contributed by atoms with Gasteiger partial charge in [-0.05, 0) is 13.8 Å². The minimum Gasteiger partial charge on any atom is -0.368 e. The predicted octanol–water partition coefficient (Wildman–Crippen LogP) is 0.633. The molecule has 0 aromatic heterocycles. The van der Waals surface area contributed by atoms with Crippen molar-refractivity contribution in [3.8, 4) is 0 Å². The van der Waals surface area contributed by atoms with Crippen LogP contribution in [0.3, 0.4) is 0 Å². The van der Waals surface area contributed by atoms with Crippen LogP contribution >= 0.6 is 0 Å². The van der Waals surface area contributed by atoms with Gasteiger partial charge in [0.15, 0.2) is 18.4 Å². The van der Waals surface area contributed by atoms with Crippen LogP contribution < -0.4 is 0 Å². The third kappa shape index (κ3) is 2.04. The van der Waals surface area contributed by atoms with Crippen LogP contribution in [0.2, 0.25) is 0 Å². The maximum Gasteiger partial charge on any atom is 0.190 e. The zero-order valence-electron chi connectivity index (χ0n) is 9.42. The van der Waals surface area contributed by atoms with Crippen molar-refractivity contribution in [3.05, 3.63) is 12.7 Å². The Bertz CT molecular complexity index is 288. The Morgan fingerprint density at radius 2 is 2.19 bits per heavy atom. The standard InChI is InChI=1S/C11H16O5/c1-4-5-13-8-7(6-12)14-10-9(8)15-11(2,3)16-10/h4,6-10H,1,5H2,2-3H3/t7-,8-,9+,10+/m1/s1. The van der Waals surface area contributed by atoms with Gasteiger partial charge in [-0.3, -0.25) is 0 Å². The molecule has 0 aromatic carbocycles. The molecule has 2 heterocycles. The molecule has 0 unspecified atom stereocenters. The Kier molecular flexibility index (Phi) is 3.12. The highest BCUT2D eigenvalue weighted by atomic mass is 16.8. The first kappa shape index (κ1) is 11.7. The van der Waals surface area contributed by atoms with E-state index in [1.54, 1.807) is 19.9 Å². The van der Waals surface area contributed by atoms with E-state index in [9.17, 15) is 4.79 Å². The summed E-state index contributed by atoms with van der Waals surface area (Å²) in [6.07, 6.45) is 0.389. The van der Waals surface area contributed by atoms with E-state index in [-0.39, 0.29) is 6.10 Å². The SMILES string of the molecule is C=CCO[C@H]1[C@@H]2OC(C)(C)O[C@@H]2O[C@@H]1C=O. The molecule has 5 heteroatoms. The van der Waals surface area contributed by atoms with Crippen LogP contribution in [0.1, 0.15) is 13.8 Å². The molecule has 0 amide bonds. The molecule has 0 N–H and O–H groups in total. The summed E-state index contributed by atoms with van der Waals surface area (Å²) in [5.74, 6) is -0.695. The van der Waals surface area contributed by atoms with Gasteiger partial charge in [-0.1, -0.05) is 6.08 Å². The highest BCUT2D eigenvalue weighted by Crippen LogP contribution is 2.38. The number of fused-ring (bicyclic) bond motifs is 1. The molecule has 90 valence electrons. The van der Waals surface area contributed by atoms with E-state index in [1.165, 1.54) is 0 Å². The second-order valence-electron chi connectivity index (χ2n) is 4.29. The van der Waals surface area contributed by atoms with Gasteiger partial charge in [0, 0.05) is 0 Å². The van der Waals surface area contributed by atoms with Crippen molar-refractivity contribution in [2.75, 3.05) is 6.61 Å². The number of hydrogen-bond acceptors (Lipinski definition) is 5. The molecule has 2 rings (SSSR count). The molecule has 4 atom stereocenters. The fourth-order valence-corrected chi connectivity index (χ4v) is 1.98. The second kappa shape index (κ2) is 4.25. The van der Waals surface area contributed by atoms with Gasteiger partial charge in [-0.2, -0.15) is 0 Å². The molecule has 0 bridgehead atoms. The number of hydrogen-bond donors (Lipinski definition) is 0. The minimum absolute atomic E-state index is 0.353. The first-order chi connectivity index (χ1) is 7.57. The van der Waals surface area contributed by atoms with E-state index >= 15 is 0 Å². The normalized spacial score (nSPS) is 40.6. The molecule has 2 aliphatic heterocycles. The highest BCUT2D eigenvalue weighted by molar-refractivity contribution is 5.58. The molecular formula is C11H16O5. The lowest BCUT2D eigenvalue weighted by atomic mass is 10.1. The molecule has 0 aliphatic carbocycles. The first-order valence-electron chi connectivity index (χ1n) is 5.26. The van der Waals surface area contributed by atoms with Gasteiger partial charge in [-0.15, -0.1) is 6.58 Å². The lowest BCUT2D eigenvalue weighted by Gasteiger charge is -2.23. The Hall–Kier alpha value is -0.750. The van der Waals surface area contributed by atoms with Crippen molar-refractivity contribution in [2.24, 2.45) is 0 Å². The monoisotopic (exact) mass is 228 g/mol. The lowest BCUT2D eigenvalue weighted by Crippen LogP contribution is -2.37. The van der Waals surface area contributed by atoms with Gasteiger partial charge in [0.2, 0.25) is 0 Å². The van der Waals surface area contributed by atoms with Crippen LogP contribution in [0.5, 0.6) is 0 Å². The maximum absolute atomic E-state index is 10.8. The summed E-state index contributed by atoms with van der Waals surface area (Å²) in [6, 6.07) is 0. The van der Waals surface area contributed by atoms with Crippen molar-refractivity contribution in [2.45, 2.75) is 44.2 Å². The van der Waals surface area contributed by atoms with Crippen molar-refractivity contribution < 1.29 is 23.7 Å². The fraction of sp³-hybridized carbons (Fsp3) is 0.727. The summed E-state index contributed by atoms with van der Waals surface area (Å²) in [4.78, 5) is 10.8. The Morgan fingerprint density at radius 3 is 2.81 bits per heavy atom. The minimum atomic E-state index is -0.695. The predicted molar refractivity (Wildman–Crippen MR) is 54.7 cm³/mol. The summed E-state index contributed by atoms with van der Waals surface area (Å²) in [6.45, 7) is 7.51. The molecule has 0 aromatic rings. The van der Waals surface area contributed by atoms with Gasteiger partial charge < -0.3 is 23.7 Å². The smallest absolute Gasteiger partial charge is 0.190 e. The molecule has 16 heavy (non-hydrogen) atoms. The van der Waals surface area contributed by atoms with Crippen LogP contribution in [0.15, 0.2) is 12.7 Å². The number of carbonyl (C=O) groups excluding carboxylic acids is 1. The van der Waals surface area contributed by atoms with E-state index in [2.05, 4.69) is 6.58 Å². The van der Waals surface area contributed by atoms with Crippen LogP contribution in [0.4, 0.5) is 0 Å². The van der Waals surface area contributed by atoms with Crippen LogP contribution in [-0.4, -0.2) is 43.3 Å². The molecule has 2 aliphatic rings. The molecule has 2 saturated heterocycles. The molecule has 2 fully saturated rings. The summed E-state index contributed by atoms with van der Waals surface area (Å²) in [5.41, 5.74) is 0. The van der Waals surface area contributed by atoms with Gasteiger partial charge in [0.05, 0.1) is 6.61 Å². The van der Waals surface area contributed by atoms with Gasteiger partial charge >= 0.3 is 0 Å². The van der Waals surface area contributed by atoms with Crippen molar-refractivity contribution >= 4 is 6.29 Å². The lowest BCUT2D eigenvalue weighted by molar-refractivity contribution is -0.214. The Balaban J connectivity index is 2.07. The number of carbonyl (C=O) groups is 1. The van der Waals surface area contributed by atoms with Crippen LogP contribution in [-0.2, 0) is 23.7 Å². The third-order valence-corrected chi connectivity index (χ3v) is 2.57. The van der Waals surface area contributed by atoms with Gasteiger partial charge in [0.25, 0.3) is 0 Å². The van der Waals surface area contributed by atoms with Crippen LogP contribution in [0.25, 0.3) is 0 Å².